The zero-order valence-corrected chi connectivity index (χ0v) is 10.7. The minimum atomic E-state index is -4.35. The van der Waals surface area contributed by atoms with Gasteiger partial charge in [-0.1, -0.05) is 18.2 Å². The summed E-state index contributed by atoms with van der Waals surface area (Å²) in [5.74, 6) is 0.218. The second kappa shape index (κ2) is 5.86. The van der Waals surface area contributed by atoms with E-state index in [0.29, 0.717) is 18.7 Å². The highest BCUT2D eigenvalue weighted by Gasteiger charge is 2.30. The topological polar surface area (TPSA) is 35.2 Å². The highest BCUT2D eigenvalue weighted by Crippen LogP contribution is 2.31. The van der Waals surface area contributed by atoms with Gasteiger partial charge in [0.15, 0.2) is 0 Å². The molecule has 0 spiro atoms. The Morgan fingerprint density at radius 3 is 2.35 bits per heavy atom. The van der Waals surface area contributed by atoms with E-state index in [1.165, 1.54) is 12.1 Å². The summed E-state index contributed by atoms with van der Waals surface area (Å²) in [6, 6.07) is 12.2. The average Bonchev–Trinajstić information content (AvgIpc) is 2.40. The fourth-order valence-electron chi connectivity index (χ4n) is 1.73. The van der Waals surface area contributed by atoms with Gasteiger partial charge in [0.1, 0.15) is 5.75 Å². The Hall–Kier alpha value is -2.17. The first kappa shape index (κ1) is 14.2. The van der Waals surface area contributed by atoms with Gasteiger partial charge in [-0.3, -0.25) is 0 Å². The first-order valence-electron chi connectivity index (χ1n) is 6.09. The van der Waals surface area contributed by atoms with E-state index < -0.39 is 11.7 Å². The van der Waals surface area contributed by atoms with Crippen LogP contribution in [0.25, 0.3) is 0 Å². The molecule has 0 fully saturated rings. The molecule has 20 heavy (non-hydrogen) atoms. The standard InChI is InChI=1S/C15H14F3NO/c16-15(17,18)12-2-1-3-14(10-12)20-9-8-11-4-6-13(19)7-5-11/h1-7,10H,8-9,19H2. The van der Waals surface area contributed by atoms with Crippen LogP contribution in [-0.4, -0.2) is 6.61 Å². The van der Waals surface area contributed by atoms with Crippen LogP contribution in [-0.2, 0) is 12.6 Å². The number of alkyl halides is 3. The van der Waals surface area contributed by atoms with Crippen LogP contribution in [0.4, 0.5) is 18.9 Å². The van der Waals surface area contributed by atoms with Gasteiger partial charge in [-0.2, -0.15) is 13.2 Å². The van der Waals surface area contributed by atoms with Crippen LogP contribution >= 0.6 is 0 Å². The summed E-state index contributed by atoms with van der Waals surface area (Å²) in [4.78, 5) is 0. The maximum atomic E-state index is 12.5. The van der Waals surface area contributed by atoms with Crippen molar-refractivity contribution in [3.05, 3.63) is 59.7 Å². The van der Waals surface area contributed by atoms with E-state index in [0.717, 1.165) is 17.7 Å². The Bertz CT molecular complexity index is 564. The second-order valence-electron chi connectivity index (χ2n) is 4.37. The monoisotopic (exact) mass is 281 g/mol. The van der Waals surface area contributed by atoms with Crippen molar-refractivity contribution in [2.24, 2.45) is 0 Å². The van der Waals surface area contributed by atoms with Crippen LogP contribution in [0.2, 0.25) is 0 Å². The van der Waals surface area contributed by atoms with Gasteiger partial charge in [0, 0.05) is 12.1 Å². The summed E-state index contributed by atoms with van der Waals surface area (Å²) in [6.45, 7) is 0.311. The number of nitrogens with two attached hydrogens (primary N) is 1. The maximum absolute atomic E-state index is 12.5. The van der Waals surface area contributed by atoms with E-state index in [1.807, 2.05) is 12.1 Å². The molecule has 0 saturated heterocycles. The van der Waals surface area contributed by atoms with Gasteiger partial charge in [-0.25, -0.2) is 0 Å². The first-order valence-corrected chi connectivity index (χ1v) is 6.09. The van der Waals surface area contributed by atoms with Gasteiger partial charge in [0.25, 0.3) is 0 Å². The predicted octanol–water partition coefficient (Wildman–Crippen LogP) is 3.91. The Labute approximate surface area is 115 Å². The molecule has 2 aromatic rings. The normalized spacial score (nSPS) is 11.3. The van der Waals surface area contributed by atoms with Gasteiger partial charge in [0.05, 0.1) is 12.2 Å². The first-order chi connectivity index (χ1) is 9.45. The molecule has 2 rings (SSSR count). The van der Waals surface area contributed by atoms with E-state index in [1.54, 1.807) is 12.1 Å². The molecule has 0 unspecified atom stereocenters. The molecule has 0 amide bonds. The molecule has 0 saturated carbocycles. The molecule has 2 nitrogen and oxygen atoms in total. The number of anilines is 1. The number of ether oxygens (including phenoxy) is 1. The molecule has 2 aromatic carbocycles. The smallest absolute Gasteiger partial charge is 0.416 e. The molecule has 0 atom stereocenters. The average molecular weight is 281 g/mol. The Balaban J connectivity index is 1.93. The van der Waals surface area contributed by atoms with E-state index >= 15 is 0 Å². The van der Waals surface area contributed by atoms with Crippen molar-refractivity contribution in [2.75, 3.05) is 12.3 Å². The van der Waals surface area contributed by atoms with Gasteiger partial charge >= 0.3 is 6.18 Å². The summed E-state index contributed by atoms with van der Waals surface area (Å²) in [7, 11) is 0. The highest BCUT2D eigenvalue weighted by atomic mass is 19.4. The minimum Gasteiger partial charge on any atom is -0.493 e. The summed E-state index contributed by atoms with van der Waals surface area (Å²) in [5.41, 5.74) is 6.55. The molecule has 0 aliphatic rings. The third kappa shape index (κ3) is 3.91. The zero-order chi connectivity index (χ0) is 14.6. The molecule has 0 aliphatic carbocycles. The molecule has 2 N–H and O–H groups in total. The lowest BCUT2D eigenvalue weighted by Crippen LogP contribution is -2.06. The summed E-state index contributed by atoms with van der Waals surface area (Å²) < 4.78 is 42.9. The molecule has 5 heteroatoms. The van der Waals surface area contributed by atoms with E-state index in [2.05, 4.69) is 0 Å². The molecule has 106 valence electrons. The van der Waals surface area contributed by atoms with Gasteiger partial charge in [-0.15, -0.1) is 0 Å². The summed E-state index contributed by atoms with van der Waals surface area (Å²) in [5, 5.41) is 0. The molecular weight excluding hydrogens is 267 g/mol. The van der Waals surface area contributed by atoms with Crippen LogP contribution in [0.5, 0.6) is 5.75 Å². The van der Waals surface area contributed by atoms with Crippen LogP contribution in [0, 0.1) is 0 Å². The van der Waals surface area contributed by atoms with E-state index in [4.69, 9.17) is 10.5 Å². The fourth-order valence-corrected chi connectivity index (χ4v) is 1.73. The highest BCUT2D eigenvalue weighted by molar-refractivity contribution is 5.39. The van der Waals surface area contributed by atoms with Crippen molar-refractivity contribution in [3.8, 4) is 5.75 Å². The molecule has 0 radical (unpaired) electrons. The molecule has 0 heterocycles. The number of rotatable bonds is 4. The SMILES string of the molecule is Nc1ccc(CCOc2cccc(C(F)(F)F)c2)cc1. The number of nitrogen functional groups attached to an aromatic ring is 1. The quantitative estimate of drug-likeness (QED) is 0.862. The van der Waals surface area contributed by atoms with Gasteiger partial charge in [0.2, 0.25) is 0 Å². The molecular formula is C15H14F3NO. The fraction of sp³-hybridized carbons (Fsp3) is 0.200. The van der Waals surface area contributed by atoms with E-state index in [-0.39, 0.29) is 5.75 Å². The molecule has 0 aliphatic heterocycles. The Morgan fingerprint density at radius 2 is 1.70 bits per heavy atom. The van der Waals surface area contributed by atoms with Crippen LogP contribution in [0.15, 0.2) is 48.5 Å². The number of hydrogen-bond acceptors (Lipinski definition) is 2. The maximum Gasteiger partial charge on any atom is 0.416 e. The van der Waals surface area contributed by atoms with Gasteiger partial charge in [-0.05, 0) is 35.9 Å². The summed E-state index contributed by atoms with van der Waals surface area (Å²) >= 11 is 0. The Kier molecular flexibility index (Phi) is 4.17. The summed E-state index contributed by atoms with van der Waals surface area (Å²) in [6.07, 6.45) is -3.74. The lowest BCUT2D eigenvalue weighted by atomic mass is 10.1. The second-order valence-corrected chi connectivity index (χ2v) is 4.37. The van der Waals surface area contributed by atoms with Crippen LogP contribution < -0.4 is 10.5 Å². The number of benzene rings is 2. The number of halogens is 3. The van der Waals surface area contributed by atoms with Gasteiger partial charge < -0.3 is 10.5 Å². The molecule has 0 bridgehead atoms. The van der Waals surface area contributed by atoms with Crippen molar-refractivity contribution in [2.45, 2.75) is 12.6 Å². The third-order valence-electron chi connectivity index (χ3n) is 2.80. The van der Waals surface area contributed by atoms with Crippen molar-refractivity contribution >= 4 is 5.69 Å². The predicted molar refractivity (Wildman–Crippen MR) is 71.5 cm³/mol. The lowest BCUT2D eigenvalue weighted by molar-refractivity contribution is -0.137. The van der Waals surface area contributed by atoms with Crippen molar-refractivity contribution in [1.29, 1.82) is 0 Å². The van der Waals surface area contributed by atoms with Crippen molar-refractivity contribution < 1.29 is 17.9 Å². The minimum absolute atomic E-state index is 0.218. The molecule has 0 aromatic heterocycles. The third-order valence-corrected chi connectivity index (χ3v) is 2.80. The van der Waals surface area contributed by atoms with E-state index in [9.17, 15) is 13.2 Å². The zero-order valence-electron chi connectivity index (χ0n) is 10.7. The lowest BCUT2D eigenvalue weighted by Gasteiger charge is -2.10. The van der Waals surface area contributed by atoms with Crippen LogP contribution in [0.3, 0.4) is 0 Å². The Morgan fingerprint density at radius 1 is 1.00 bits per heavy atom. The largest absolute Gasteiger partial charge is 0.493 e. The van der Waals surface area contributed by atoms with Crippen molar-refractivity contribution in [1.82, 2.24) is 0 Å². The number of hydrogen-bond donors (Lipinski definition) is 1. The van der Waals surface area contributed by atoms with Crippen LogP contribution in [0.1, 0.15) is 11.1 Å². The van der Waals surface area contributed by atoms with Crippen molar-refractivity contribution in [3.63, 3.8) is 0 Å².